The lowest BCUT2D eigenvalue weighted by molar-refractivity contribution is -0.140. The predicted octanol–water partition coefficient (Wildman–Crippen LogP) is 6.17. The van der Waals surface area contributed by atoms with Crippen molar-refractivity contribution in [3.05, 3.63) is 113 Å². The third kappa shape index (κ3) is 4.96. The Morgan fingerprint density at radius 2 is 1.62 bits per heavy atom. The van der Waals surface area contributed by atoms with E-state index in [9.17, 15) is 28.2 Å². The molecule has 1 saturated carbocycles. The number of hydrogen-bond donors (Lipinski definition) is 2. The molecule has 0 spiro atoms. The lowest BCUT2D eigenvalue weighted by atomic mass is 9.93. The fourth-order valence-corrected chi connectivity index (χ4v) is 5.23. The van der Waals surface area contributed by atoms with E-state index in [2.05, 4.69) is 15.5 Å². The first-order chi connectivity index (χ1) is 20.1. The van der Waals surface area contributed by atoms with Crippen molar-refractivity contribution in [3.63, 3.8) is 0 Å². The van der Waals surface area contributed by atoms with Gasteiger partial charge in [0.25, 0.3) is 0 Å². The van der Waals surface area contributed by atoms with Crippen molar-refractivity contribution in [2.75, 3.05) is 0 Å². The number of aliphatic hydroxyl groups is 1. The smallest absolute Gasteiger partial charge is 0.416 e. The molecule has 0 bridgehead atoms. The van der Waals surface area contributed by atoms with Crippen LogP contribution in [0.1, 0.15) is 52.6 Å². The summed E-state index contributed by atoms with van der Waals surface area (Å²) in [4.78, 5) is 11.6. The molecule has 0 aliphatic heterocycles. The molecule has 2 heterocycles. The van der Waals surface area contributed by atoms with Crippen LogP contribution in [-0.2, 0) is 22.9 Å². The van der Waals surface area contributed by atoms with Gasteiger partial charge in [0, 0.05) is 5.56 Å². The molecule has 5 aromatic rings. The fourth-order valence-electron chi connectivity index (χ4n) is 5.23. The van der Waals surface area contributed by atoms with Gasteiger partial charge in [0.05, 0.1) is 35.0 Å². The van der Waals surface area contributed by atoms with Crippen LogP contribution in [0.5, 0.6) is 0 Å². The molecule has 1 aliphatic rings. The standard InChI is InChI=1S/C31H25F3N4O4/c1-18-26(27(39)25-17-38(37-35-25)16-22-4-2-3-5-24(22)31(32,33)34)28(42-36-18)21-8-6-19(7-9-21)20-10-12-23(13-11-20)30(14-15-30)29(40)41/h2-13,17,27,39H,14-16H2,1H3,(H,40,41). The van der Waals surface area contributed by atoms with Gasteiger partial charge in [0.1, 0.15) is 11.8 Å². The number of alkyl halides is 3. The number of halogens is 3. The van der Waals surface area contributed by atoms with E-state index < -0.39 is 29.2 Å². The van der Waals surface area contributed by atoms with Crippen molar-refractivity contribution in [2.24, 2.45) is 0 Å². The maximum Gasteiger partial charge on any atom is 0.416 e. The van der Waals surface area contributed by atoms with Crippen LogP contribution in [-0.4, -0.2) is 36.3 Å². The molecule has 1 unspecified atom stereocenters. The Hall–Kier alpha value is -4.77. The van der Waals surface area contributed by atoms with Crippen molar-refractivity contribution >= 4 is 5.97 Å². The first kappa shape index (κ1) is 27.4. The Labute approximate surface area is 238 Å². The fraction of sp³-hybridized carbons (Fsp3) is 0.226. The van der Waals surface area contributed by atoms with Crippen LogP contribution in [0, 0.1) is 6.92 Å². The number of carboxylic acids is 1. The summed E-state index contributed by atoms with van der Waals surface area (Å²) in [5.74, 6) is -0.467. The topological polar surface area (TPSA) is 114 Å². The van der Waals surface area contributed by atoms with Gasteiger partial charge in [-0.05, 0) is 48.1 Å². The van der Waals surface area contributed by atoms with Crippen molar-refractivity contribution in [3.8, 4) is 22.5 Å². The minimum Gasteiger partial charge on any atom is -0.481 e. The molecule has 0 saturated heterocycles. The number of carbonyl (C=O) groups is 1. The lowest BCUT2D eigenvalue weighted by Crippen LogP contribution is -2.19. The molecular formula is C31H25F3N4O4. The van der Waals surface area contributed by atoms with E-state index in [0.717, 1.165) is 22.8 Å². The first-order valence-electron chi connectivity index (χ1n) is 13.2. The summed E-state index contributed by atoms with van der Waals surface area (Å²) < 4.78 is 47.0. The highest BCUT2D eigenvalue weighted by Crippen LogP contribution is 2.48. The highest BCUT2D eigenvalue weighted by atomic mass is 19.4. The third-order valence-corrected chi connectivity index (χ3v) is 7.75. The van der Waals surface area contributed by atoms with Gasteiger partial charge >= 0.3 is 12.1 Å². The highest BCUT2D eigenvalue weighted by Gasteiger charge is 2.51. The minimum atomic E-state index is -4.51. The van der Waals surface area contributed by atoms with Crippen molar-refractivity contribution < 1.29 is 32.7 Å². The maximum absolute atomic E-state index is 13.4. The number of aromatic nitrogens is 4. The monoisotopic (exact) mass is 574 g/mol. The van der Waals surface area contributed by atoms with Crippen LogP contribution in [0.3, 0.4) is 0 Å². The largest absolute Gasteiger partial charge is 0.481 e. The zero-order valence-electron chi connectivity index (χ0n) is 22.3. The van der Waals surface area contributed by atoms with Gasteiger partial charge in [0.2, 0.25) is 0 Å². The number of carboxylic acid groups (broad SMARTS) is 1. The molecule has 1 fully saturated rings. The second-order valence-corrected chi connectivity index (χ2v) is 10.5. The summed E-state index contributed by atoms with van der Waals surface area (Å²) in [6.07, 6.45) is -3.11. The van der Waals surface area contributed by atoms with E-state index in [1.807, 2.05) is 48.5 Å². The average molecular weight is 575 g/mol. The Morgan fingerprint density at radius 3 is 2.24 bits per heavy atom. The predicted molar refractivity (Wildman–Crippen MR) is 145 cm³/mol. The second-order valence-electron chi connectivity index (χ2n) is 10.5. The van der Waals surface area contributed by atoms with E-state index in [1.54, 1.807) is 6.92 Å². The number of aliphatic carboxylic acids is 1. The first-order valence-corrected chi connectivity index (χ1v) is 13.2. The number of rotatable bonds is 8. The summed E-state index contributed by atoms with van der Waals surface area (Å²) in [5.41, 5.74) is 2.73. The lowest BCUT2D eigenvalue weighted by Gasteiger charge is -2.12. The Kier molecular flexibility index (Phi) is 6.69. The van der Waals surface area contributed by atoms with Gasteiger partial charge in [0.15, 0.2) is 5.76 Å². The normalized spacial score (nSPS) is 15.0. The van der Waals surface area contributed by atoms with Crippen LogP contribution < -0.4 is 0 Å². The molecule has 6 rings (SSSR count). The molecule has 8 nitrogen and oxygen atoms in total. The molecule has 0 amide bonds. The molecular weight excluding hydrogens is 549 g/mol. The molecule has 2 aromatic heterocycles. The minimum absolute atomic E-state index is 0.0291. The van der Waals surface area contributed by atoms with Gasteiger partial charge < -0.3 is 14.7 Å². The average Bonchev–Trinajstić information content (AvgIpc) is 3.52. The van der Waals surface area contributed by atoms with Crippen LogP contribution >= 0.6 is 0 Å². The zero-order chi connectivity index (χ0) is 29.6. The summed E-state index contributed by atoms with van der Waals surface area (Å²) in [6, 6.07) is 20.2. The summed E-state index contributed by atoms with van der Waals surface area (Å²) >= 11 is 0. The SMILES string of the molecule is Cc1noc(-c2ccc(-c3ccc(C4(C(=O)O)CC4)cc3)cc2)c1C(O)c1cn(Cc2ccccc2C(F)(F)F)nn1. The molecule has 42 heavy (non-hydrogen) atoms. The van der Waals surface area contributed by atoms with Crippen LogP contribution in [0.25, 0.3) is 22.5 Å². The third-order valence-electron chi connectivity index (χ3n) is 7.75. The Bertz CT molecular complexity index is 1750. The van der Waals surface area contributed by atoms with Crippen LogP contribution in [0.2, 0.25) is 0 Å². The molecule has 1 atom stereocenters. The van der Waals surface area contributed by atoms with E-state index in [-0.39, 0.29) is 17.8 Å². The number of nitrogens with zero attached hydrogens (tertiary/aromatic N) is 4. The van der Waals surface area contributed by atoms with Crippen molar-refractivity contribution in [1.29, 1.82) is 0 Å². The second kappa shape index (κ2) is 10.3. The van der Waals surface area contributed by atoms with Gasteiger partial charge in [-0.3, -0.25) is 4.79 Å². The van der Waals surface area contributed by atoms with E-state index in [4.69, 9.17) is 4.52 Å². The van der Waals surface area contributed by atoms with E-state index >= 15 is 0 Å². The van der Waals surface area contributed by atoms with E-state index in [1.165, 1.54) is 29.1 Å². The number of hydrogen-bond acceptors (Lipinski definition) is 6. The Morgan fingerprint density at radius 1 is 1.00 bits per heavy atom. The van der Waals surface area contributed by atoms with E-state index in [0.29, 0.717) is 35.4 Å². The molecule has 0 radical (unpaired) electrons. The number of benzene rings is 3. The Balaban J connectivity index is 1.22. The molecule has 11 heteroatoms. The summed E-state index contributed by atoms with van der Waals surface area (Å²) in [6.45, 7) is 1.50. The molecule has 214 valence electrons. The quantitative estimate of drug-likeness (QED) is 0.228. The highest BCUT2D eigenvalue weighted by molar-refractivity contribution is 5.85. The number of aryl methyl sites for hydroxylation is 1. The zero-order valence-corrected chi connectivity index (χ0v) is 22.3. The molecule has 1 aliphatic carbocycles. The number of aliphatic hydroxyl groups excluding tert-OH is 1. The van der Waals surface area contributed by atoms with Crippen molar-refractivity contribution in [1.82, 2.24) is 20.2 Å². The van der Waals surface area contributed by atoms with Crippen LogP contribution in [0.15, 0.2) is 83.5 Å². The van der Waals surface area contributed by atoms with Crippen LogP contribution in [0.4, 0.5) is 13.2 Å². The van der Waals surface area contributed by atoms with Gasteiger partial charge in [-0.25, -0.2) is 4.68 Å². The van der Waals surface area contributed by atoms with Gasteiger partial charge in [-0.15, -0.1) is 5.10 Å². The van der Waals surface area contributed by atoms with Gasteiger partial charge in [-0.1, -0.05) is 77.1 Å². The molecule has 2 N–H and O–H groups in total. The molecule has 3 aromatic carbocycles. The maximum atomic E-state index is 13.4. The van der Waals surface area contributed by atoms with Crippen molar-refractivity contribution in [2.45, 2.75) is 44.0 Å². The summed E-state index contributed by atoms with van der Waals surface area (Å²) in [5, 5.41) is 32.7. The summed E-state index contributed by atoms with van der Waals surface area (Å²) in [7, 11) is 0. The van der Waals surface area contributed by atoms with Gasteiger partial charge in [-0.2, -0.15) is 13.2 Å².